The van der Waals surface area contributed by atoms with Gasteiger partial charge >= 0.3 is 5.97 Å². The van der Waals surface area contributed by atoms with E-state index in [1.165, 1.54) is 11.2 Å². The minimum atomic E-state index is -0.542. The second-order valence-electron chi connectivity index (χ2n) is 7.40. The molecule has 2 heterocycles. The van der Waals surface area contributed by atoms with Crippen LogP contribution in [0.4, 0.5) is 0 Å². The van der Waals surface area contributed by atoms with Gasteiger partial charge in [0.15, 0.2) is 6.61 Å². The fourth-order valence-electron chi connectivity index (χ4n) is 3.41. The van der Waals surface area contributed by atoms with E-state index < -0.39 is 5.97 Å². The van der Waals surface area contributed by atoms with E-state index in [4.69, 9.17) is 18.6 Å². The van der Waals surface area contributed by atoms with Gasteiger partial charge in [-0.15, -0.1) is 0 Å². The van der Waals surface area contributed by atoms with E-state index in [1.807, 2.05) is 0 Å². The average molecular weight is 469 g/mol. The summed E-state index contributed by atoms with van der Waals surface area (Å²) in [6, 6.07) is 10.4. The quantitative estimate of drug-likeness (QED) is 0.399. The molecule has 180 valence electrons. The van der Waals surface area contributed by atoms with Gasteiger partial charge in [0.25, 0.3) is 11.8 Å². The molecule has 1 aliphatic rings. The van der Waals surface area contributed by atoms with E-state index in [0.717, 1.165) is 0 Å². The van der Waals surface area contributed by atoms with Crippen molar-refractivity contribution in [3.63, 3.8) is 0 Å². The Labute approximate surface area is 198 Å². The first-order valence-corrected chi connectivity index (χ1v) is 10.9. The van der Waals surface area contributed by atoms with Crippen molar-refractivity contribution in [2.24, 2.45) is 0 Å². The predicted octanol–water partition coefficient (Wildman–Crippen LogP) is 2.68. The lowest BCUT2D eigenvalue weighted by molar-refractivity contribution is -0.138. The highest BCUT2D eigenvalue weighted by atomic mass is 16.5. The molecule has 2 amide bonds. The highest BCUT2D eigenvalue weighted by Crippen LogP contribution is 2.31. The Morgan fingerprint density at radius 1 is 1.18 bits per heavy atom. The van der Waals surface area contributed by atoms with Gasteiger partial charge in [-0.25, -0.2) is 4.79 Å². The topological polar surface area (TPSA) is 107 Å². The summed E-state index contributed by atoms with van der Waals surface area (Å²) in [5.41, 5.74) is 1.74. The van der Waals surface area contributed by atoms with Crippen LogP contribution in [-0.4, -0.2) is 56.2 Å². The minimum Gasteiger partial charge on any atom is -0.484 e. The Morgan fingerprint density at radius 2 is 1.94 bits per heavy atom. The second kappa shape index (κ2) is 11.9. The summed E-state index contributed by atoms with van der Waals surface area (Å²) in [5.74, 6) is 0.0349. The Morgan fingerprint density at radius 3 is 2.59 bits per heavy atom. The van der Waals surface area contributed by atoms with Gasteiger partial charge in [-0.3, -0.25) is 9.59 Å². The van der Waals surface area contributed by atoms with Crippen molar-refractivity contribution in [3.05, 3.63) is 70.8 Å². The van der Waals surface area contributed by atoms with Gasteiger partial charge in [0.05, 0.1) is 37.2 Å². The maximum Gasteiger partial charge on any atom is 0.340 e. The number of hydrogen-bond acceptors (Lipinski definition) is 7. The third-order valence-electron chi connectivity index (χ3n) is 5.11. The van der Waals surface area contributed by atoms with Crippen LogP contribution in [0.5, 0.6) is 5.75 Å². The second-order valence-corrected chi connectivity index (χ2v) is 7.40. The highest BCUT2D eigenvalue weighted by Gasteiger charge is 2.36. The van der Waals surface area contributed by atoms with E-state index in [9.17, 15) is 14.4 Å². The average Bonchev–Trinajstić information content (AvgIpc) is 3.43. The van der Waals surface area contributed by atoms with Gasteiger partial charge in [0.2, 0.25) is 0 Å². The molecular formula is C25H28N2O7. The molecule has 1 aromatic heterocycles. The molecule has 9 heteroatoms. The Bertz CT molecular complexity index is 1070. The molecular weight excluding hydrogens is 440 g/mol. The molecule has 0 atom stereocenters. The summed E-state index contributed by atoms with van der Waals surface area (Å²) < 4.78 is 20.9. The number of rotatable bonds is 11. The van der Waals surface area contributed by atoms with Crippen LogP contribution in [0.1, 0.15) is 25.2 Å². The van der Waals surface area contributed by atoms with Crippen molar-refractivity contribution in [2.75, 3.05) is 33.5 Å². The fraction of sp³-hybridized carbons (Fsp3) is 0.320. The summed E-state index contributed by atoms with van der Waals surface area (Å²) in [6.07, 6.45) is 3.18. The number of allylic oxidation sites excluding steroid dienone is 1. The number of carbonyl (C=O) groups excluding carboxylic acids is 3. The molecule has 0 bridgehead atoms. The van der Waals surface area contributed by atoms with Crippen LogP contribution in [0.15, 0.2) is 63.9 Å². The standard InChI is InChI=1S/C25H28N2O7/c1-4-32-25(30)23-17(2)27(11-13-31-3)24(29)21(23)14-18-7-9-19(10-8-18)34-16-22(28)26-15-20-6-5-12-33-20/h5-10,12,14H,4,11,13,15-16H2,1-3H3,(H,26,28)/b21-14-. The predicted molar refractivity (Wildman–Crippen MR) is 123 cm³/mol. The van der Waals surface area contributed by atoms with E-state index in [1.54, 1.807) is 63.4 Å². The molecule has 0 radical (unpaired) electrons. The number of esters is 1. The van der Waals surface area contributed by atoms with Gasteiger partial charge < -0.3 is 28.8 Å². The number of ether oxygens (including phenoxy) is 3. The van der Waals surface area contributed by atoms with E-state index in [-0.39, 0.29) is 42.7 Å². The molecule has 1 N–H and O–H groups in total. The van der Waals surface area contributed by atoms with Gasteiger partial charge in [-0.05, 0) is 49.8 Å². The SMILES string of the molecule is CCOC(=O)C1=C(C)N(CCOC)C(=O)/C1=C\c1ccc(OCC(=O)NCc2ccco2)cc1. The molecule has 0 spiro atoms. The summed E-state index contributed by atoms with van der Waals surface area (Å²) in [4.78, 5) is 39.0. The number of benzene rings is 1. The summed E-state index contributed by atoms with van der Waals surface area (Å²) in [5, 5.41) is 2.70. The number of hydrogen-bond donors (Lipinski definition) is 1. The summed E-state index contributed by atoms with van der Waals surface area (Å²) in [7, 11) is 1.55. The Balaban J connectivity index is 1.67. The van der Waals surface area contributed by atoms with Crippen molar-refractivity contribution in [3.8, 4) is 5.75 Å². The molecule has 3 rings (SSSR count). The Hall–Kier alpha value is -3.85. The molecule has 9 nitrogen and oxygen atoms in total. The zero-order chi connectivity index (χ0) is 24.5. The molecule has 0 saturated heterocycles. The molecule has 0 fully saturated rings. The van der Waals surface area contributed by atoms with E-state index >= 15 is 0 Å². The zero-order valence-electron chi connectivity index (χ0n) is 19.5. The minimum absolute atomic E-state index is 0.150. The first-order valence-electron chi connectivity index (χ1n) is 10.9. The lowest BCUT2D eigenvalue weighted by Gasteiger charge is -2.16. The largest absolute Gasteiger partial charge is 0.484 e. The Kier molecular flexibility index (Phi) is 8.64. The van der Waals surface area contributed by atoms with Crippen molar-refractivity contribution < 1.29 is 33.0 Å². The monoisotopic (exact) mass is 468 g/mol. The van der Waals surface area contributed by atoms with Crippen molar-refractivity contribution in [1.82, 2.24) is 10.2 Å². The number of amides is 2. The smallest absolute Gasteiger partial charge is 0.340 e. The highest BCUT2D eigenvalue weighted by molar-refractivity contribution is 6.16. The van der Waals surface area contributed by atoms with Crippen LogP contribution >= 0.6 is 0 Å². The van der Waals surface area contributed by atoms with Crippen molar-refractivity contribution in [1.29, 1.82) is 0 Å². The normalized spacial score (nSPS) is 14.6. The molecule has 0 saturated carbocycles. The van der Waals surface area contributed by atoms with Crippen molar-refractivity contribution >= 4 is 23.9 Å². The number of furan rings is 1. The lowest BCUT2D eigenvalue weighted by Crippen LogP contribution is -2.28. The first-order chi connectivity index (χ1) is 16.4. The van der Waals surface area contributed by atoms with Crippen LogP contribution in [0, 0.1) is 0 Å². The number of nitrogens with zero attached hydrogens (tertiary/aromatic N) is 1. The van der Waals surface area contributed by atoms with Crippen LogP contribution in [-0.2, 0) is 30.4 Å². The zero-order valence-corrected chi connectivity index (χ0v) is 19.5. The number of nitrogens with one attached hydrogen (secondary N) is 1. The summed E-state index contributed by atoms with van der Waals surface area (Å²) >= 11 is 0. The maximum atomic E-state index is 13.0. The molecule has 0 aliphatic carbocycles. The van der Waals surface area contributed by atoms with Crippen LogP contribution in [0.3, 0.4) is 0 Å². The van der Waals surface area contributed by atoms with Gasteiger partial charge in [-0.2, -0.15) is 0 Å². The van der Waals surface area contributed by atoms with Crippen LogP contribution in [0.25, 0.3) is 6.08 Å². The number of methoxy groups -OCH3 is 1. The molecule has 1 aliphatic heterocycles. The van der Waals surface area contributed by atoms with Gasteiger partial charge in [0.1, 0.15) is 11.5 Å². The fourth-order valence-corrected chi connectivity index (χ4v) is 3.41. The van der Waals surface area contributed by atoms with Crippen LogP contribution in [0.2, 0.25) is 0 Å². The molecule has 0 unspecified atom stereocenters. The van der Waals surface area contributed by atoms with Gasteiger partial charge in [-0.1, -0.05) is 12.1 Å². The summed E-state index contributed by atoms with van der Waals surface area (Å²) in [6.45, 7) is 4.44. The van der Waals surface area contributed by atoms with E-state index in [2.05, 4.69) is 5.32 Å². The maximum absolute atomic E-state index is 13.0. The first kappa shape index (κ1) is 24.8. The third kappa shape index (κ3) is 6.14. The molecule has 34 heavy (non-hydrogen) atoms. The molecule has 1 aromatic carbocycles. The third-order valence-corrected chi connectivity index (χ3v) is 5.11. The van der Waals surface area contributed by atoms with Gasteiger partial charge in [0, 0.05) is 19.4 Å². The lowest BCUT2D eigenvalue weighted by atomic mass is 10.0. The molecule has 2 aromatic rings. The van der Waals surface area contributed by atoms with Crippen molar-refractivity contribution in [2.45, 2.75) is 20.4 Å². The number of carbonyl (C=O) groups is 3. The van der Waals surface area contributed by atoms with Crippen LogP contribution < -0.4 is 10.1 Å². The van der Waals surface area contributed by atoms with E-state index in [0.29, 0.717) is 35.9 Å².